The van der Waals surface area contributed by atoms with Gasteiger partial charge in [0, 0.05) is 22.4 Å². The van der Waals surface area contributed by atoms with E-state index in [9.17, 15) is 0 Å². The fraction of sp³-hybridized carbons (Fsp3) is 0.167. The largest absolute Gasteiger partial charge is 0.399 e. The SMILES string of the molecule is CON=C(Cn1ccnc1)c1ccc(Br)c(Cl)c1. The number of aromatic nitrogens is 2. The molecule has 0 amide bonds. The van der Waals surface area contributed by atoms with Crippen molar-refractivity contribution in [1.29, 1.82) is 0 Å². The maximum Gasteiger partial charge on any atom is 0.107 e. The molecule has 0 aliphatic carbocycles. The molecule has 0 radical (unpaired) electrons. The summed E-state index contributed by atoms with van der Waals surface area (Å²) in [5, 5.41) is 4.67. The first-order valence-electron chi connectivity index (χ1n) is 5.22. The summed E-state index contributed by atoms with van der Waals surface area (Å²) in [5.41, 5.74) is 1.70. The Morgan fingerprint density at radius 1 is 1.56 bits per heavy atom. The van der Waals surface area contributed by atoms with Crippen LogP contribution in [-0.4, -0.2) is 22.4 Å². The summed E-state index contributed by atoms with van der Waals surface area (Å²) in [6.45, 7) is 0.575. The molecule has 2 rings (SSSR count). The third-order valence-corrected chi connectivity index (χ3v) is 3.58. The lowest BCUT2D eigenvalue weighted by Crippen LogP contribution is -2.11. The Balaban J connectivity index is 2.30. The van der Waals surface area contributed by atoms with Gasteiger partial charge in [0.2, 0.25) is 0 Å². The van der Waals surface area contributed by atoms with Gasteiger partial charge in [0.05, 0.1) is 17.9 Å². The van der Waals surface area contributed by atoms with E-state index in [4.69, 9.17) is 16.4 Å². The highest BCUT2D eigenvalue weighted by Crippen LogP contribution is 2.23. The number of benzene rings is 1. The average molecular weight is 329 g/mol. The molecular formula is C12H11BrClN3O. The fourth-order valence-electron chi connectivity index (χ4n) is 1.51. The molecule has 1 aromatic heterocycles. The van der Waals surface area contributed by atoms with Crippen LogP contribution in [0.15, 0.2) is 46.5 Å². The number of oxime groups is 1. The van der Waals surface area contributed by atoms with E-state index in [1.165, 1.54) is 7.11 Å². The van der Waals surface area contributed by atoms with E-state index >= 15 is 0 Å². The molecule has 0 fully saturated rings. The number of nitrogens with zero attached hydrogens (tertiary/aromatic N) is 3. The van der Waals surface area contributed by atoms with Gasteiger partial charge in [-0.25, -0.2) is 4.98 Å². The van der Waals surface area contributed by atoms with E-state index in [0.717, 1.165) is 15.7 Å². The zero-order valence-corrected chi connectivity index (χ0v) is 12.0. The average Bonchev–Trinajstić information content (AvgIpc) is 2.85. The maximum absolute atomic E-state index is 6.08. The van der Waals surface area contributed by atoms with Crippen LogP contribution in [0.4, 0.5) is 0 Å². The summed E-state index contributed by atoms with van der Waals surface area (Å²) in [5.74, 6) is 0. The Bertz CT molecular complexity index is 554. The summed E-state index contributed by atoms with van der Waals surface area (Å²) in [4.78, 5) is 8.87. The van der Waals surface area contributed by atoms with E-state index < -0.39 is 0 Å². The summed E-state index contributed by atoms with van der Waals surface area (Å²) < 4.78 is 2.76. The smallest absolute Gasteiger partial charge is 0.107 e. The first kappa shape index (κ1) is 13.1. The number of imidazole rings is 1. The molecule has 0 atom stereocenters. The normalized spacial score (nSPS) is 11.6. The Labute approximate surface area is 118 Å². The lowest BCUT2D eigenvalue weighted by Gasteiger charge is -2.08. The molecule has 4 nitrogen and oxygen atoms in total. The molecule has 0 saturated carbocycles. The minimum Gasteiger partial charge on any atom is -0.399 e. The van der Waals surface area contributed by atoms with Crippen LogP contribution in [-0.2, 0) is 11.4 Å². The quantitative estimate of drug-likeness (QED) is 0.638. The van der Waals surface area contributed by atoms with E-state index in [0.29, 0.717) is 11.6 Å². The molecule has 1 heterocycles. The molecule has 0 N–H and O–H groups in total. The summed E-state index contributed by atoms with van der Waals surface area (Å²) in [6.07, 6.45) is 5.32. The van der Waals surface area contributed by atoms with Gasteiger partial charge in [-0.15, -0.1) is 0 Å². The van der Waals surface area contributed by atoms with Gasteiger partial charge in [-0.3, -0.25) is 0 Å². The Hall–Kier alpha value is -1.33. The van der Waals surface area contributed by atoms with Gasteiger partial charge in [-0.05, 0) is 28.1 Å². The highest BCUT2D eigenvalue weighted by atomic mass is 79.9. The van der Waals surface area contributed by atoms with Gasteiger partial charge < -0.3 is 9.40 Å². The van der Waals surface area contributed by atoms with Crippen LogP contribution >= 0.6 is 27.5 Å². The molecule has 2 aromatic rings. The van der Waals surface area contributed by atoms with Gasteiger partial charge in [0.15, 0.2) is 0 Å². The predicted molar refractivity (Wildman–Crippen MR) is 74.9 cm³/mol. The lowest BCUT2D eigenvalue weighted by atomic mass is 10.1. The summed E-state index contributed by atoms with van der Waals surface area (Å²) in [7, 11) is 1.52. The second-order valence-corrected chi connectivity index (χ2v) is 4.85. The molecule has 0 bridgehead atoms. The van der Waals surface area contributed by atoms with Gasteiger partial charge in [-0.2, -0.15) is 0 Å². The molecule has 1 aromatic carbocycles. The zero-order chi connectivity index (χ0) is 13.0. The molecule has 0 aliphatic heterocycles. The first-order valence-corrected chi connectivity index (χ1v) is 6.39. The van der Waals surface area contributed by atoms with Gasteiger partial charge >= 0.3 is 0 Å². The van der Waals surface area contributed by atoms with Crippen molar-refractivity contribution in [2.45, 2.75) is 6.54 Å². The third kappa shape index (κ3) is 3.11. The Morgan fingerprint density at radius 3 is 3.00 bits per heavy atom. The number of hydrogen-bond acceptors (Lipinski definition) is 3. The molecule has 0 saturated heterocycles. The first-order chi connectivity index (χ1) is 8.70. The van der Waals surface area contributed by atoms with E-state index in [1.807, 2.05) is 29.0 Å². The molecule has 18 heavy (non-hydrogen) atoms. The lowest BCUT2D eigenvalue weighted by molar-refractivity contribution is 0.212. The standard InChI is InChI=1S/C12H11BrClN3O/c1-18-16-12(7-17-5-4-15-8-17)9-2-3-10(13)11(14)6-9/h2-6,8H,7H2,1H3. The van der Waals surface area contributed by atoms with Crippen molar-refractivity contribution in [3.8, 4) is 0 Å². The van der Waals surface area contributed by atoms with Crippen molar-refractivity contribution in [3.63, 3.8) is 0 Å². The van der Waals surface area contributed by atoms with Gasteiger partial charge in [0.1, 0.15) is 12.8 Å². The van der Waals surface area contributed by atoms with E-state index in [2.05, 4.69) is 26.1 Å². The maximum atomic E-state index is 6.08. The highest BCUT2D eigenvalue weighted by Gasteiger charge is 2.08. The van der Waals surface area contributed by atoms with Crippen molar-refractivity contribution in [1.82, 2.24) is 9.55 Å². The van der Waals surface area contributed by atoms with Crippen LogP contribution in [0.5, 0.6) is 0 Å². The number of hydrogen-bond donors (Lipinski definition) is 0. The second kappa shape index (κ2) is 6.02. The number of rotatable bonds is 4. The summed E-state index contributed by atoms with van der Waals surface area (Å²) >= 11 is 9.44. The van der Waals surface area contributed by atoms with Gasteiger partial charge in [-0.1, -0.05) is 22.8 Å². The topological polar surface area (TPSA) is 39.4 Å². The number of halogens is 2. The fourth-order valence-corrected chi connectivity index (χ4v) is 1.94. The molecule has 0 aliphatic rings. The Morgan fingerprint density at radius 2 is 2.39 bits per heavy atom. The highest BCUT2D eigenvalue weighted by molar-refractivity contribution is 9.10. The van der Waals surface area contributed by atoms with Crippen LogP contribution in [0.2, 0.25) is 5.02 Å². The third-order valence-electron chi connectivity index (χ3n) is 2.35. The van der Waals surface area contributed by atoms with E-state index in [1.54, 1.807) is 12.5 Å². The van der Waals surface area contributed by atoms with Gasteiger partial charge in [0.25, 0.3) is 0 Å². The zero-order valence-electron chi connectivity index (χ0n) is 9.68. The minimum atomic E-state index is 0.575. The van der Waals surface area contributed by atoms with Crippen molar-refractivity contribution >= 4 is 33.2 Å². The molecule has 0 unspecified atom stereocenters. The summed E-state index contributed by atoms with van der Waals surface area (Å²) in [6, 6.07) is 5.67. The molecular weight excluding hydrogens is 318 g/mol. The van der Waals surface area contributed by atoms with Crippen molar-refractivity contribution in [2.24, 2.45) is 5.16 Å². The monoisotopic (exact) mass is 327 g/mol. The minimum absolute atomic E-state index is 0.575. The Kier molecular flexibility index (Phi) is 4.38. The van der Waals surface area contributed by atoms with Crippen molar-refractivity contribution in [3.05, 3.63) is 52.0 Å². The van der Waals surface area contributed by atoms with Crippen LogP contribution in [0.25, 0.3) is 0 Å². The molecule has 0 spiro atoms. The second-order valence-electron chi connectivity index (χ2n) is 3.58. The molecule has 94 valence electrons. The van der Waals surface area contributed by atoms with Crippen molar-refractivity contribution in [2.75, 3.05) is 7.11 Å². The van der Waals surface area contributed by atoms with E-state index in [-0.39, 0.29) is 0 Å². The van der Waals surface area contributed by atoms with Crippen molar-refractivity contribution < 1.29 is 4.84 Å². The van der Waals surface area contributed by atoms with Crippen LogP contribution in [0.1, 0.15) is 5.56 Å². The van der Waals surface area contributed by atoms with Crippen LogP contribution in [0, 0.1) is 0 Å². The molecule has 6 heteroatoms. The predicted octanol–water partition coefficient (Wildman–Crippen LogP) is 3.35. The van der Waals surface area contributed by atoms with Crippen LogP contribution < -0.4 is 0 Å². The van der Waals surface area contributed by atoms with Crippen LogP contribution in [0.3, 0.4) is 0 Å².